The SMILES string of the molecule is CCCCn1nc(-c2cccnc2)cc1CN1CCC(C(=O)NC(=O)[C@@H](N)Cc2ccc(O)cc2)CC1. The van der Waals surface area contributed by atoms with Crippen LogP contribution in [-0.2, 0) is 29.1 Å². The van der Waals surface area contributed by atoms with Crippen LogP contribution in [0, 0.1) is 5.92 Å². The fourth-order valence-corrected chi connectivity index (χ4v) is 4.62. The van der Waals surface area contributed by atoms with E-state index in [4.69, 9.17) is 10.8 Å². The third-order valence-electron chi connectivity index (χ3n) is 6.86. The Hall–Kier alpha value is -3.56. The highest BCUT2D eigenvalue weighted by molar-refractivity contribution is 5.98. The fourth-order valence-electron chi connectivity index (χ4n) is 4.62. The highest BCUT2D eigenvalue weighted by Crippen LogP contribution is 2.23. The maximum atomic E-state index is 12.7. The van der Waals surface area contributed by atoms with Crippen molar-refractivity contribution in [2.24, 2.45) is 11.7 Å². The van der Waals surface area contributed by atoms with E-state index in [1.54, 1.807) is 30.5 Å². The normalized spacial score (nSPS) is 15.4. The van der Waals surface area contributed by atoms with Crippen molar-refractivity contribution in [3.8, 4) is 17.0 Å². The van der Waals surface area contributed by atoms with Crippen LogP contribution in [0.25, 0.3) is 11.3 Å². The predicted molar refractivity (Wildman–Crippen MR) is 141 cm³/mol. The van der Waals surface area contributed by atoms with Gasteiger partial charge in [-0.05, 0) is 74.7 Å². The van der Waals surface area contributed by atoms with Gasteiger partial charge in [0.15, 0.2) is 0 Å². The largest absolute Gasteiger partial charge is 0.508 e. The van der Waals surface area contributed by atoms with Gasteiger partial charge in [0.2, 0.25) is 11.8 Å². The number of unbranched alkanes of at least 4 members (excludes halogenated alkanes) is 1. The molecule has 3 heterocycles. The number of nitrogens with two attached hydrogens (primary N) is 1. The molecule has 0 aliphatic carbocycles. The Morgan fingerprint density at radius 3 is 2.62 bits per heavy atom. The van der Waals surface area contributed by atoms with Crippen LogP contribution in [0.5, 0.6) is 5.75 Å². The van der Waals surface area contributed by atoms with Crippen LogP contribution >= 0.6 is 0 Å². The number of aromatic hydroxyl groups is 1. The first-order valence-corrected chi connectivity index (χ1v) is 13.0. The van der Waals surface area contributed by atoms with Gasteiger partial charge in [0.05, 0.1) is 17.4 Å². The van der Waals surface area contributed by atoms with Crippen molar-refractivity contribution in [3.05, 3.63) is 66.1 Å². The zero-order valence-corrected chi connectivity index (χ0v) is 21.3. The average Bonchev–Trinajstić information content (AvgIpc) is 3.32. The molecule has 9 nitrogen and oxygen atoms in total. The molecule has 196 valence electrons. The van der Waals surface area contributed by atoms with E-state index in [9.17, 15) is 14.7 Å². The van der Waals surface area contributed by atoms with Gasteiger partial charge in [-0.15, -0.1) is 0 Å². The standard InChI is InChI=1S/C28H36N6O3/c1-2-3-13-34-23(17-26(32-34)22-5-4-12-30-18-22)19-33-14-10-21(11-15-33)27(36)31-28(37)25(29)16-20-6-8-24(35)9-7-20/h4-9,12,17-18,21,25,35H,2-3,10-11,13-16,19,29H2,1H3,(H,31,36,37)/t25-/m0/s1. The zero-order valence-electron chi connectivity index (χ0n) is 21.3. The number of phenolic OH excluding ortho intramolecular Hbond substituents is 1. The van der Waals surface area contributed by atoms with E-state index in [1.165, 1.54) is 0 Å². The number of hydrogen-bond donors (Lipinski definition) is 3. The van der Waals surface area contributed by atoms with Crippen molar-refractivity contribution in [2.75, 3.05) is 13.1 Å². The highest BCUT2D eigenvalue weighted by Gasteiger charge is 2.28. The Kier molecular flexibility index (Phi) is 9.03. The summed E-state index contributed by atoms with van der Waals surface area (Å²) in [5.41, 5.74) is 9.93. The third-order valence-corrected chi connectivity index (χ3v) is 6.86. The number of aryl methyl sites for hydroxylation is 1. The van der Waals surface area contributed by atoms with Crippen LogP contribution in [0.1, 0.15) is 43.9 Å². The lowest BCUT2D eigenvalue weighted by Gasteiger charge is -2.31. The second-order valence-electron chi connectivity index (χ2n) is 9.72. The quantitative estimate of drug-likeness (QED) is 0.387. The molecular weight excluding hydrogens is 468 g/mol. The lowest BCUT2D eigenvalue weighted by atomic mass is 9.95. The molecule has 4 rings (SSSR count). The first kappa shape index (κ1) is 26.5. The third kappa shape index (κ3) is 7.24. The van der Waals surface area contributed by atoms with Crippen molar-refractivity contribution < 1.29 is 14.7 Å². The van der Waals surface area contributed by atoms with Gasteiger partial charge in [-0.2, -0.15) is 5.10 Å². The summed E-state index contributed by atoms with van der Waals surface area (Å²) in [6.07, 6.45) is 7.42. The van der Waals surface area contributed by atoms with Gasteiger partial charge >= 0.3 is 0 Å². The van der Waals surface area contributed by atoms with Crippen LogP contribution in [0.15, 0.2) is 54.9 Å². The number of imide groups is 1. The molecule has 37 heavy (non-hydrogen) atoms. The molecule has 0 saturated carbocycles. The van der Waals surface area contributed by atoms with E-state index in [0.29, 0.717) is 19.3 Å². The maximum Gasteiger partial charge on any atom is 0.243 e. The number of rotatable bonds is 10. The van der Waals surface area contributed by atoms with Crippen LogP contribution in [-0.4, -0.2) is 55.7 Å². The van der Waals surface area contributed by atoms with Crippen molar-refractivity contribution in [1.29, 1.82) is 0 Å². The molecule has 0 spiro atoms. The molecule has 1 fully saturated rings. The lowest BCUT2D eigenvalue weighted by molar-refractivity contribution is -0.134. The average molecular weight is 505 g/mol. The molecule has 1 aliphatic rings. The zero-order chi connectivity index (χ0) is 26.2. The molecule has 1 aromatic carbocycles. The van der Waals surface area contributed by atoms with E-state index in [1.807, 2.05) is 18.3 Å². The van der Waals surface area contributed by atoms with Gasteiger partial charge in [0, 0.05) is 37.0 Å². The second kappa shape index (κ2) is 12.6. The number of benzene rings is 1. The predicted octanol–water partition coefficient (Wildman–Crippen LogP) is 2.88. The first-order valence-electron chi connectivity index (χ1n) is 13.0. The molecule has 1 atom stereocenters. The molecule has 2 amide bonds. The van der Waals surface area contributed by atoms with Gasteiger partial charge in [-0.3, -0.25) is 29.5 Å². The van der Waals surface area contributed by atoms with E-state index < -0.39 is 11.9 Å². The number of pyridine rings is 1. The van der Waals surface area contributed by atoms with Gasteiger partial charge < -0.3 is 10.8 Å². The molecule has 1 aliphatic heterocycles. The van der Waals surface area contributed by atoms with Gasteiger partial charge in [-0.25, -0.2) is 0 Å². The number of hydrogen-bond acceptors (Lipinski definition) is 7. The van der Waals surface area contributed by atoms with Gasteiger partial charge in [0.1, 0.15) is 5.75 Å². The highest BCUT2D eigenvalue weighted by atomic mass is 16.3. The summed E-state index contributed by atoms with van der Waals surface area (Å²) in [6, 6.07) is 11.8. The summed E-state index contributed by atoms with van der Waals surface area (Å²) in [6.45, 7) is 5.35. The summed E-state index contributed by atoms with van der Waals surface area (Å²) < 4.78 is 2.10. The summed E-state index contributed by atoms with van der Waals surface area (Å²) in [7, 11) is 0. The Morgan fingerprint density at radius 1 is 1.19 bits per heavy atom. The van der Waals surface area contributed by atoms with Crippen molar-refractivity contribution in [3.63, 3.8) is 0 Å². The molecule has 9 heteroatoms. The molecule has 0 unspecified atom stereocenters. The smallest absolute Gasteiger partial charge is 0.243 e. The van der Waals surface area contributed by atoms with Gasteiger partial charge in [-0.1, -0.05) is 25.5 Å². The minimum absolute atomic E-state index is 0.155. The summed E-state index contributed by atoms with van der Waals surface area (Å²) in [5.74, 6) is -0.777. The van der Waals surface area contributed by atoms with E-state index in [-0.39, 0.29) is 17.6 Å². The van der Waals surface area contributed by atoms with Crippen LogP contribution in [0.3, 0.4) is 0 Å². The number of carbonyl (C=O) groups excluding carboxylic acids is 2. The molecule has 1 saturated heterocycles. The second-order valence-corrected chi connectivity index (χ2v) is 9.72. The molecule has 0 radical (unpaired) electrons. The van der Waals surface area contributed by atoms with E-state index in [0.717, 1.165) is 61.5 Å². The Balaban J connectivity index is 1.29. The molecule has 0 bridgehead atoms. The number of nitrogens with one attached hydrogen (secondary N) is 1. The molecule has 3 aromatic rings. The first-order chi connectivity index (χ1) is 17.9. The molecule has 4 N–H and O–H groups in total. The summed E-state index contributed by atoms with van der Waals surface area (Å²) in [4.78, 5) is 31.8. The minimum atomic E-state index is -0.828. The van der Waals surface area contributed by atoms with Crippen molar-refractivity contribution in [1.82, 2.24) is 25.0 Å². The number of carbonyl (C=O) groups is 2. The fraction of sp³-hybridized carbons (Fsp3) is 0.429. The van der Waals surface area contributed by atoms with Crippen LogP contribution in [0.2, 0.25) is 0 Å². The Morgan fingerprint density at radius 2 is 1.95 bits per heavy atom. The number of amides is 2. The number of nitrogens with zero attached hydrogens (tertiary/aromatic N) is 4. The number of phenols is 1. The molecule has 2 aromatic heterocycles. The minimum Gasteiger partial charge on any atom is -0.508 e. The Bertz CT molecular complexity index is 1170. The van der Waals surface area contributed by atoms with Crippen LogP contribution < -0.4 is 11.1 Å². The number of likely N-dealkylation sites (tertiary alicyclic amines) is 1. The number of aromatic nitrogens is 3. The topological polar surface area (TPSA) is 126 Å². The van der Waals surface area contributed by atoms with Crippen molar-refractivity contribution >= 4 is 11.8 Å². The lowest BCUT2D eigenvalue weighted by Crippen LogP contribution is -2.48. The molecular formula is C28H36N6O3. The van der Waals surface area contributed by atoms with Gasteiger partial charge in [0.25, 0.3) is 0 Å². The van der Waals surface area contributed by atoms with Crippen molar-refractivity contribution in [2.45, 2.75) is 58.2 Å². The van der Waals surface area contributed by atoms with E-state index in [2.05, 4.69) is 32.9 Å². The Labute approximate surface area is 217 Å². The summed E-state index contributed by atoms with van der Waals surface area (Å²) in [5, 5.41) is 16.7. The van der Waals surface area contributed by atoms with E-state index >= 15 is 0 Å². The van der Waals surface area contributed by atoms with Crippen LogP contribution in [0.4, 0.5) is 0 Å². The monoisotopic (exact) mass is 504 g/mol. The summed E-state index contributed by atoms with van der Waals surface area (Å²) >= 11 is 0. The number of piperidine rings is 1. The maximum absolute atomic E-state index is 12.7.